The van der Waals surface area contributed by atoms with Crippen molar-refractivity contribution in [3.8, 4) is 0 Å². The Hall–Kier alpha value is -2.78. The second-order valence-corrected chi connectivity index (χ2v) is 4.07. The summed E-state index contributed by atoms with van der Waals surface area (Å²) >= 11 is 0. The van der Waals surface area contributed by atoms with Gasteiger partial charge in [0.25, 0.3) is 11.8 Å². The minimum absolute atomic E-state index is 0.187. The molecule has 1 aliphatic heterocycles. The van der Waals surface area contributed by atoms with Crippen molar-refractivity contribution >= 4 is 36.4 Å². The molecule has 0 saturated carbocycles. The van der Waals surface area contributed by atoms with Crippen LogP contribution in [0.15, 0.2) is 0 Å². The first-order chi connectivity index (χ1) is 10.0. The minimum Gasteiger partial charge on any atom is -0.424 e. The lowest BCUT2D eigenvalue weighted by Gasteiger charge is -2.21. The summed E-state index contributed by atoms with van der Waals surface area (Å²) < 4.78 is 8.83. The molecule has 10 heteroatoms. The molecule has 0 spiro atoms. The van der Waals surface area contributed by atoms with E-state index < -0.39 is 23.6 Å². The number of carbonyl (C=O) groups excluding carboxylic acids is 2. The van der Waals surface area contributed by atoms with Gasteiger partial charge in [-0.25, -0.2) is 0 Å². The van der Waals surface area contributed by atoms with Crippen molar-refractivity contribution in [1.29, 1.82) is 21.6 Å². The average Bonchev–Trinajstić information content (AvgIpc) is 2.72. The Kier molecular flexibility index (Phi) is 5.99. The van der Waals surface area contributed by atoms with Gasteiger partial charge < -0.3 is 19.3 Å². The number of hydrogen-bond donors (Lipinski definition) is 4. The summed E-state index contributed by atoms with van der Waals surface area (Å²) in [6, 6.07) is 0. The number of nitrogens with zero attached hydrogens (tertiary/aromatic N) is 2. The Morgan fingerprint density at radius 2 is 1.19 bits per heavy atom. The molecule has 0 radical (unpaired) electrons. The molecular weight excluding hydrogens is 280 g/mol. The molecule has 21 heavy (non-hydrogen) atoms. The molecular formula is C11H16N6O4. The first-order valence-electron chi connectivity index (χ1n) is 6.08. The van der Waals surface area contributed by atoms with E-state index in [1.54, 1.807) is 0 Å². The third kappa shape index (κ3) is 4.37. The molecule has 4 N–H and O–H groups in total. The SMILES string of the molecule is N=COC(=N)C(=O)N1CCCN(C(=O)C(=N)OC=N)CC1. The predicted octanol–water partition coefficient (Wildman–Crippen LogP) is -0.751. The summed E-state index contributed by atoms with van der Waals surface area (Å²) in [5.41, 5.74) is 0. The maximum atomic E-state index is 11.8. The van der Waals surface area contributed by atoms with E-state index in [9.17, 15) is 9.59 Å². The monoisotopic (exact) mass is 296 g/mol. The van der Waals surface area contributed by atoms with Crippen LogP contribution in [0.3, 0.4) is 0 Å². The number of nitrogens with one attached hydrogen (secondary N) is 4. The average molecular weight is 296 g/mol. The van der Waals surface area contributed by atoms with Gasteiger partial charge in [0.1, 0.15) is 0 Å². The number of ether oxygens (including phenoxy) is 2. The molecule has 0 aromatic heterocycles. The van der Waals surface area contributed by atoms with Crippen LogP contribution in [0.1, 0.15) is 6.42 Å². The third-order valence-electron chi connectivity index (χ3n) is 2.81. The quantitative estimate of drug-likeness (QED) is 0.391. The molecule has 2 amide bonds. The predicted molar refractivity (Wildman–Crippen MR) is 73.0 cm³/mol. The molecule has 0 atom stereocenters. The number of hydrogen-bond acceptors (Lipinski definition) is 8. The molecule has 10 nitrogen and oxygen atoms in total. The van der Waals surface area contributed by atoms with Crippen molar-refractivity contribution in [2.75, 3.05) is 26.2 Å². The molecule has 1 fully saturated rings. The zero-order valence-electron chi connectivity index (χ0n) is 11.2. The van der Waals surface area contributed by atoms with Crippen LogP contribution < -0.4 is 0 Å². The Balaban J connectivity index is 2.61. The van der Waals surface area contributed by atoms with E-state index in [0.717, 1.165) is 0 Å². The van der Waals surface area contributed by atoms with E-state index in [-0.39, 0.29) is 13.1 Å². The number of rotatable bonds is 2. The standard InChI is InChI=1S/C11H16N6O4/c12-6-20-8(14)10(18)16-2-1-3-17(5-4-16)11(19)9(15)21-7-13/h6-7,12-15H,1-5H2. The highest BCUT2D eigenvalue weighted by atomic mass is 16.5. The molecule has 114 valence electrons. The zero-order valence-corrected chi connectivity index (χ0v) is 11.2. The van der Waals surface area contributed by atoms with Crippen molar-refractivity contribution in [2.24, 2.45) is 0 Å². The third-order valence-corrected chi connectivity index (χ3v) is 2.81. The molecule has 0 aromatic rings. The first kappa shape index (κ1) is 16.3. The highest BCUT2D eigenvalue weighted by Crippen LogP contribution is 2.05. The fraction of sp³-hybridized carbons (Fsp3) is 0.455. The van der Waals surface area contributed by atoms with Gasteiger partial charge in [-0.2, -0.15) is 0 Å². The van der Waals surface area contributed by atoms with Crippen molar-refractivity contribution in [3.63, 3.8) is 0 Å². The lowest BCUT2D eigenvalue weighted by Crippen LogP contribution is -2.42. The summed E-state index contributed by atoms with van der Waals surface area (Å²) in [7, 11) is 0. The fourth-order valence-corrected chi connectivity index (χ4v) is 1.83. The van der Waals surface area contributed by atoms with Gasteiger partial charge in [-0.05, 0) is 6.42 Å². The van der Waals surface area contributed by atoms with Crippen LogP contribution in [-0.2, 0) is 19.1 Å². The minimum atomic E-state index is -0.654. The molecule has 1 heterocycles. The summed E-state index contributed by atoms with van der Waals surface area (Å²) in [6.45, 7) is 1.05. The number of carbonyl (C=O) groups is 2. The van der Waals surface area contributed by atoms with Crippen molar-refractivity contribution in [3.05, 3.63) is 0 Å². The summed E-state index contributed by atoms with van der Waals surface area (Å²) in [5.74, 6) is -2.61. The van der Waals surface area contributed by atoms with Gasteiger partial charge in [0.2, 0.25) is 0 Å². The van der Waals surface area contributed by atoms with Gasteiger partial charge in [0, 0.05) is 26.2 Å². The molecule has 0 bridgehead atoms. The molecule has 1 aliphatic rings. The molecule has 0 aliphatic carbocycles. The van der Waals surface area contributed by atoms with Crippen LogP contribution in [0.5, 0.6) is 0 Å². The van der Waals surface area contributed by atoms with Gasteiger partial charge in [0.05, 0.1) is 0 Å². The Morgan fingerprint density at radius 3 is 1.52 bits per heavy atom. The smallest absolute Gasteiger partial charge is 0.309 e. The van der Waals surface area contributed by atoms with Gasteiger partial charge in [0.15, 0.2) is 12.8 Å². The van der Waals surface area contributed by atoms with E-state index in [0.29, 0.717) is 32.3 Å². The Morgan fingerprint density at radius 1 is 0.810 bits per heavy atom. The van der Waals surface area contributed by atoms with Crippen LogP contribution in [0.4, 0.5) is 0 Å². The molecule has 0 unspecified atom stereocenters. The van der Waals surface area contributed by atoms with Gasteiger partial charge in [-0.1, -0.05) is 0 Å². The van der Waals surface area contributed by atoms with E-state index in [2.05, 4.69) is 9.47 Å². The Bertz CT molecular complexity index is 435. The van der Waals surface area contributed by atoms with E-state index in [4.69, 9.17) is 21.6 Å². The van der Waals surface area contributed by atoms with Crippen molar-refractivity contribution in [2.45, 2.75) is 6.42 Å². The van der Waals surface area contributed by atoms with Gasteiger partial charge in [-0.3, -0.25) is 31.2 Å². The topological polar surface area (TPSA) is 154 Å². The Labute approximate surface area is 120 Å². The first-order valence-corrected chi connectivity index (χ1v) is 6.08. The van der Waals surface area contributed by atoms with Crippen LogP contribution in [0.25, 0.3) is 0 Å². The van der Waals surface area contributed by atoms with Crippen LogP contribution >= 0.6 is 0 Å². The van der Waals surface area contributed by atoms with Crippen molar-refractivity contribution < 1.29 is 19.1 Å². The van der Waals surface area contributed by atoms with Crippen LogP contribution in [0.2, 0.25) is 0 Å². The normalized spacial score (nSPS) is 14.7. The second kappa shape index (κ2) is 7.72. The summed E-state index contributed by atoms with van der Waals surface area (Å²) in [6.07, 6.45) is 1.49. The molecule has 1 rings (SSSR count). The highest BCUT2D eigenvalue weighted by molar-refractivity contribution is 6.35. The molecule has 1 saturated heterocycles. The molecule has 0 aromatic carbocycles. The highest BCUT2D eigenvalue weighted by Gasteiger charge is 2.26. The fourth-order valence-electron chi connectivity index (χ4n) is 1.83. The van der Waals surface area contributed by atoms with E-state index >= 15 is 0 Å². The van der Waals surface area contributed by atoms with Gasteiger partial charge >= 0.3 is 11.8 Å². The van der Waals surface area contributed by atoms with Crippen molar-refractivity contribution in [1.82, 2.24) is 9.80 Å². The van der Waals surface area contributed by atoms with Crippen LogP contribution in [0, 0.1) is 21.6 Å². The second-order valence-electron chi connectivity index (χ2n) is 4.07. The summed E-state index contributed by atoms with van der Waals surface area (Å²) in [5, 5.41) is 28.1. The zero-order chi connectivity index (χ0) is 15.8. The lowest BCUT2D eigenvalue weighted by molar-refractivity contribution is -0.127. The van der Waals surface area contributed by atoms with Crippen LogP contribution in [-0.4, -0.2) is 72.4 Å². The number of amides is 2. The maximum absolute atomic E-state index is 11.8. The largest absolute Gasteiger partial charge is 0.424 e. The van der Waals surface area contributed by atoms with E-state index in [1.807, 2.05) is 0 Å². The van der Waals surface area contributed by atoms with E-state index in [1.165, 1.54) is 9.80 Å². The summed E-state index contributed by atoms with van der Waals surface area (Å²) in [4.78, 5) is 26.3. The van der Waals surface area contributed by atoms with Gasteiger partial charge in [-0.15, -0.1) is 0 Å². The maximum Gasteiger partial charge on any atom is 0.309 e. The lowest BCUT2D eigenvalue weighted by atomic mass is 10.3.